The fraction of sp³-hybridized carbons (Fsp3) is 0.227. The molecule has 0 bridgehead atoms. The molecule has 0 radical (unpaired) electrons. The molecule has 3 aromatic rings. The summed E-state index contributed by atoms with van der Waals surface area (Å²) in [6.45, 7) is 1.42. The molecule has 0 aliphatic heterocycles. The van der Waals surface area contributed by atoms with Gasteiger partial charge in [-0.25, -0.2) is 9.37 Å². The highest BCUT2D eigenvalue weighted by molar-refractivity contribution is 5.83. The van der Waals surface area contributed by atoms with Gasteiger partial charge in [0, 0.05) is 24.5 Å². The number of hydrogen-bond donors (Lipinski definition) is 2. The first kappa shape index (κ1) is 23.0. The second-order valence-electron chi connectivity index (χ2n) is 7.02. The topological polar surface area (TPSA) is 90.1 Å². The van der Waals surface area contributed by atoms with E-state index < -0.39 is 29.5 Å². The van der Waals surface area contributed by atoms with Crippen molar-refractivity contribution >= 4 is 11.6 Å². The molecule has 3 rings (SSSR count). The average Bonchev–Trinajstić information content (AvgIpc) is 2.77. The van der Waals surface area contributed by atoms with E-state index in [-0.39, 0.29) is 30.3 Å². The fourth-order valence-corrected chi connectivity index (χ4v) is 2.82. The summed E-state index contributed by atoms with van der Waals surface area (Å²) < 4.78 is 58.5. The lowest BCUT2D eigenvalue weighted by atomic mass is 9.99. The number of benzene rings is 1. The number of anilines is 1. The van der Waals surface area contributed by atoms with Crippen LogP contribution in [0.1, 0.15) is 35.2 Å². The maximum Gasteiger partial charge on any atom is 0.433 e. The first-order chi connectivity index (χ1) is 15.1. The van der Waals surface area contributed by atoms with Crippen molar-refractivity contribution in [1.29, 1.82) is 0 Å². The zero-order valence-corrected chi connectivity index (χ0v) is 17.0. The lowest BCUT2D eigenvalue weighted by Crippen LogP contribution is -2.28. The van der Waals surface area contributed by atoms with Crippen LogP contribution >= 0.6 is 0 Å². The van der Waals surface area contributed by atoms with Crippen LogP contribution in [0.3, 0.4) is 0 Å². The van der Waals surface area contributed by atoms with E-state index in [0.717, 1.165) is 6.07 Å². The van der Waals surface area contributed by atoms with E-state index in [4.69, 9.17) is 10.5 Å². The quantitative estimate of drug-likeness (QED) is 0.417. The second kappa shape index (κ2) is 9.63. The molecule has 1 atom stereocenters. The molecule has 1 unspecified atom stereocenters. The van der Waals surface area contributed by atoms with Crippen LogP contribution in [0.4, 0.5) is 23.2 Å². The number of amides is 1. The van der Waals surface area contributed by atoms with Crippen molar-refractivity contribution in [2.45, 2.75) is 32.2 Å². The zero-order chi connectivity index (χ0) is 23.3. The van der Waals surface area contributed by atoms with Crippen LogP contribution in [-0.2, 0) is 24.1 Å². The highest BCUT2D eigenvalue weighted by atomic mass is 19.4. The molecule has 32 heavy (non-hydrogen) atoms. The average molecular weight is 448 g/mol. The number of aromatic nitrogens is 2. The number of alkyl halides is 3. The van der Waals surface area contributed by atoms with E-state index in [1.165, 1.54) is 36.7 Å². The van der Waals surface area contributed by atoms with Crippen molar-refractivity contribution in [3.05, 3.63) is 83.1 Å². The van der Waals surface area contributed by atoms with E-state index in [1.807, 2.05) is 0 Å². The highest BCUT2D eigenvalue weighted by Crippen LogP contribution is 2.30. The Morgan fingerprint density at radius 1 is 1.16 bits per heavy atom. The smallest absolute Gasteiger partial charge is 0.433 e. The molecule has 0 aliphatic carbocycles. The number of nitrogens with zero attached hydrogens (tertiary/aromatic N) is 2. The Morgan fingerprint density at radius 2 is 1.88 bits per heavy atom. The van der Waals surface area contributed by atoms with Gasteiger partial charge in [-0.05, 0) is 54.4 Å². The first-order valence-corrected chi connectivity index (χ1v) is 9.56. The van der Waals surface area contributed by atoms with Gasteiger partial charge in [0.1, 0.15) is 18.1 Å². The number of nitrogens with two attached hydrogens (primary N) is 1. The Bertz CT molecular complexity index is 1090. The number of carbonyl (C=O) groups excluding carboxylic acids is 1. The number of nitrogens with one attached hydrogen (secondary N) is 1. The summed E-state index contributed by atoms with van der Waals surface area (Å²) in [4.78, 5) is 20.0. The SMILES string of the molecule is CC(C(=O)NCc1ccc(C(F)(F)F)nc1OCc1ccncc1)c1ccc(N)c(F)c1. The van der Waals surface area contributed by atoms with Crippen LogP contribution in [-0.4, -0.2) is 15.9 Å². The van der Waals surface area contributed by atoms with Crippen molar-refractivity contribution < 1.29 is 27.1 Å². The zero-order valence-electron chi connectivity index (χ0n) is 17.0. The Labute approximate surface area is 181 Å². The standard InChI is InChI=1S/C22H20F4N4O2/c1-13(15-2-4-18(27)17(23)10-15)20(31)29-11-16-3-5-19(22(24,25)26)30-21(16)32-12-14-6-8-28-9-7-14/h2-10,13H,11-12,27H2,1H3,(H,29,31). The van der Waals surface area contributed by atoms with Crippen molar-refractivity contribution in [3.63, 3.8) is 0 Å². The molecule has 6 nitrogen and oxygen atoms in total. The summed E-state index contributed by atoms with van der Waals surface area (Å²) in [5.41, 5.74) is 5.67. The van der Waals surface area contributed by atoms with Crippen LogP contribution in [0.25, 0.3) is 0 Å². The molecule has 2 aromatic heterocycles. The maximum absolute atomic E-state index is 13.7. The minimum Gasteiger partial charge on any atom is -0.473 e. The monoisotopic (exact) mass is 448 g/mol. The van der Waals surface area contributed by atoms with Crippen LogP contribution in [0.5, 0.6) is 5.88 Å². The van der Waals surface area contributed by atoms with Crippen LogP contribution < -0.4 is 15.8 Å². The summed E-state index contributed by atoms with van der Waals surface area (Å²) in [5.74, 6) is -2.05. The highest BCUT2D eigenvalue weighted by Gasteiger charge is 2.33. The van der Waals surface area contributed by atoms with Gasteiger partial charge in [-0.1, -0.05) is 6.07 Å². The van der Waals surface area contributed by atoms with Gasteiger partial charge >= 0.3 is 6.18 Å². The lowest BCUT2D eigenvalue weighted by molar-refractivity contribution is -0.141. The van der Waals surface area contributed by atoms with Gasteiger partial charge in [-0.3, -0.25) is 9.78 Å². The van der Waals surface area contributed by atoms with Crippen molar-refractivity contribution in [3.8, 4) is 5.88 Å². The van der Waals surface area contributed by atoms with Gasteiger partial charge in [0.25, 0.3) is 0 Å². The molecule has 1 aromatic carbocycles. The molecular weight excluding hydrogens is 428 g/mol. The molecule has 0 aliphatic rings. The summed E-state index contributed by atoms with van der Waals surface area (Å²) in [6.07, 6.45) is -1.59. The van der Waals surface area contributed by atoms with Gasteiger partial charge in [0.05, 0.1) is 11.6 Å². The van der Waals surface area contributed by atoms with Crippen LogP contribution in [0.2, 0.25) is 0 Å². The van der Waals surface area contributed by atoms with Gasteiger partial charge in [-0.15, -0.1) is 0 Å². The minimum atomic E-state index is -4.65. The molecule has 0 saturated carbocycles. The van der Waals surface area contributed by atoms with E-state index in [0.29, 0.717) is 11.1 Å². The Morgan fingerprint density at radius 3 is 2.53 bits per heavy atom. The molecular formula is C22H20F4N4O2. The Balaban J connectivity index is 1.75. The van der Waals surface area contributed by atoms with Gasteiger partial charge in [-0.2, -0.15) is 13.2 Å². The van der Waals surface area contributed by atoms with E-state index in [1.54, 1.807) is 19.1 Å². The van der Waals surface area contributed by atoms with Gasteiger partial charge < -0.3 is 15.8 Å². The minimum absolute atomic E-state index is 0.0289. The normalized spacial score (nSPS) is 12.3. The fourth-order valence-electron chi connectivity index (χ4n) is 2.82. The molecule has 1 amide bonds. The van der Waals surface area contributed by atoms with Crippen molar-refractivity contribution in [2.24, 2.45) is 0 Å². The summed E-state index contributed by atoms with van der Waals surface area (Å²) in [7, 11) is 0. The number of pyridine rings is 2. The first-order valence-electron chi connectivity index (χ1n) is 9.56. The second-order valence-corrected chi connectivity index (χ2v) is 7.02. The largest absolute Gasteiger partial charge is 0.473 e. The lowest BCUT2D eigenvalue weighted by Gasteiger charge is -2.16. The van der Waals surface area contributed by atoms with E-state index in [9.17, 15) is 22.4 Å². The number of ether oxygens (including phenoxy) is 1. The Hall–Kier alpha value is -3.69. The van der Waals surface area contributed by atoms with Gasteiger partial charge in [0.15, 0.2) is 0 Å². The molecule has 3 N–H and O–H groups in total. The number of halogens is 4. The van der Waals surface area contributed by atoms with E-state index >= 15 is 0 Å². The molecule has 0 fully saturated rings. The predicted octanol–water partition coefficient (Wildman–Crippen LogP) is 4.22. The molecule has 0 saturated heterocycles. The summed E-state index contributed by atoms with van der Waals surface area (Å²) >= 11 is 0. The predicted molar refractivity (Wildman–Crippen MR) is 109 cm³/mol. The van der Waals surface area contributed by atoms with Crippen LogP contribution in [0.15, 0.2) is 54.9 Å². The van der Waals surface area contributed by atoms with Crippen molar-refractivity contribution in [1.82, 2.24) is 15.3 Å². The molecule has 168 valence electrons. The number of nitrogen functional groups attached to an aromatic ring is 1. The molecule has 0 spiro atoms. The number of hydrogen-bond acceptors (Lipinski definition) is 5. The van der Waals surface area contributed by atoms with Gasteiger partial charge in [0.2, 0.25) is 11.8 Å². The third-order valence-electron chi connectivity index (χ3n) is 4.73. The van der Waals surface area contributed by atoms with Crippen LogP contribution in [0, 0.1) is 5.82 Å². The summed E-state index contributed by atoms with van der Waals surface area (Å²) in [6, 6.07) is 9.39. The third kappa shape index (κ3) is 5.71. The number of carbonyl (C=O) groups is 1. The maximum atomic E-state index is 13.7. The number of rotatable bonds is 7. The molecule has 10 heteroatoms. The van der Waals surface area contributed by atoms with Crippen molar-refractivity contribution in [2.75, 3.05) is 5.73 Å². The molecule has 2 heterocycles. The third-order valence-corrected chi connectivity index (χ3v) is 4.73. The summed E-state index contributed by atoms with van der Waals surface area (Å²) in [5, 5.41) is 2.62. The Kier molecular flexibility index (Phi) is 6.92. The van der Waals surface area contributed by atoms with E-state index in [2.05, 4.69) is 15.3 Å².